The molecule has 0 heterocycles. The number of unbranched alkanes of at least 4 members (excludes halogenated alkanes) is 1. The quantitative estimate of drug-likeness (QED) is 0.426. The van der Waals surface area contributed by atoms with Crippen LogP contribution < -0.4 is 0 Å². The zero-order chi connectivity index (χ0) is 13.3. The van der Waals surface area contributed by atoms with E-state index in [-0.39, 0.29) is 12.2 Å². The molecule has 0 aliphatic carbocycles. The predicted molar refractivity (Wildman–Crippen MR) is 63.5 cm³/mol. The Bertz CT molecular complexity index is 211. The Labute approximate surface area is 103 Å². The lowest BCUT2D eigenvalue weighted by Gasteiger charge is -2.24. The molecule has 2 N–H and O–H groups in total. The fourth-order valence-electron chi connectivity index (χ4n) is 1.47. The maximum absolute atomic E-state index is 11.2. The summed E-state index contributed by atoms with van der Waals surface area (Å²) in [5.41, 5.74) is 0. The van der Waals surface area contributed by atoms with Crippen molar-refractivity contribution in [3.63, 3.8) is 0 Å². The molecule has 0 aliphatic heterocycles. The molecule has 1 atom stereocenters. The maximum atomic E-state index is 11.2. The van der Waals surface area contributed by atoms with Gasteiger partial charge in [-0.1, -0.05) is 0 Å². The van der Waals surface area contributed by atoms with E-state index in [1.54, 1.807) is 21.3 Å². The van der Waals surface area contributed by atoms with Gasteiger partial charge >= 0.3 is 8.80 Å². The van der Waals surface area contributed by atoms with Crippen LogP contribution in [-0.4, -0.2) is 58.8 Å². The molecule has 0 amide bonds. The van der Waals surface area contributed by atoms with Gasteiger partial charge in [-0.25, -0.2) is 0 Å². The fourth-order valence-corrected chi connectivity index (χ4v) is 3.26. The maximum Gasteiger partial charge on any atom is 0.500 e. The molecule has 0 aromatic heterocycles. The first kappa shape index (κ1) is 16.7. The molecule has 0 bridgehead atoms. The van der Waals surface area contributed by atoms with Crippen molar-refractivity contribution in [2.24, 2.45) is 0 Å². The van der Waals surface area contributed by atoms with Crippen LogP contribution in [0.25, 0.3) is 0 Å². The van der Waals surface area contributed by atoms with Crippen molar-refractivity contribution < 1.29 is 28.3 Å². The molecular weight excluding hydrogens is 244 g/mol. The Morgan fingerprint density at radius 1 is 1.18 bits per heavy atom. The highest BCUT2D eigenvalue weighted by molar-refractivity contribution is 6.60. The van der Waals surface area contributed by atoms with Crippen LogP contribution in [0, 0.1) is 0 Å². The van der Waals surface area contributed by atoms with Crippen LogP contribution in [0.5, 0.6) is 0 Å². The summed E-state index contributed by atoms with van der Waals surface area (Å²) >= 11 is 0. The van der Waals surface area contributed by atoms with E-state index in [1.165, 1.54) is 0 Å². The van der Waals surface area contributed by atoms with Crippen molar-refractivity contribution in [2.75, 3.05) is 27.9 Å². The van der Waals surface area contributed by atoms with Crippen LogP contribution in [-0.2, 0) is 18.1 Å². The van der Waals surface area contributed by atoms with Crippen LogP contribution in [0.2, 0.25) is 6.04 Å². The summed E-state index contributed by atoms with van der Waals surface area (Å²) in [7, 11) is 2.08. The molecule has 17 heavy (non-hydrogen) atoms. The van der Waals surface area contributed by atoms with Gasteiger partial charge in [0.2, 0.25) is 0 Å². The Balaban J connectivity index is 3.87. The highest BCUT2D eigenvalue weighted by Gasteiger charge is 2.36. The second-order valence-electron chi connectivity index (χ2n) is 3.67. The second kappa shape index (κ2) is 8.73. The molecule has 0 aromatic carbocycles. The van der Waals surface area contributed by atoms with Crippen LogP contribution in [0.15, 0.2) is 0 Å². The van der Waals surface area contributed by atoms with Crippen LogP contribution in [0.1, 0.15) is 19.3 Å². The largest absolute Gasteiger partial charge is 0.500 e. The van der Waals surface area contributed by atoms with Gasteiger partial charge in [0.05, 0.1) is 6.61 Å². The third-order valence-electron chi connectivity index (χ3n) is 2.63. The Hall–Kier alpha value is -0.313. The number of carbonyl (C=O) groups is 1. The van der Waals surface area contributed by atoms with Gasteiger partial charge in [0.15, 0.2) is 5.78 Å². The van der Waals surface area contributed by atoms with Gasteiger partial charge in [0.25, 0.3) is 0 Å². The average Bonchev–Trinajstić information content (AvgIpc) is 2.38. The summed E-state index contributed by atoms with van der Waals surface area (Å²) in [6.45, 7) is -0.522. The van der Waals surface area contributed by atoms with E-state index in [2.05, 4.69) is 0 Å². The Morgan fingerprint density at radius 3 is 2.12 bits per heavy atom. The molecule has 0 saturated carbocycles. The van der Waals surface area contributed by atoms with E-state index >= 15 is 0 Å². The highest BCUT2D eigenvalue weighted by atomic mass is 28.4. The van der Waals surface area contributed by atoms with Crippen molar-refractivity contribution >= 4 is 14.6 Å². The molecule has 7 heteroatoms. The van der Waals surface area contributed by atoms with Crippen molar-refractivity contribution in [2.45, 2.75) is 31.4 Å². The molecule has 0 fully saturated rings. The van der Waals surface area contributed by atoms with Crippen LogP contribution >= 0.6 is 0 Å². The van der Waals surface area contributed by atoms with Gasteiger partial charge in [-0.3, -0.25) is 4.79 Å². The number of Topliss-reactive ketones (excluding diaryl/α,β-unsaturated/α-hetero) is 1. The normalized spacial score (nSPS) is 13.7. The summed E-state index contributed by atoms with van der Waals surface area (Å²) in [5.74, 6) is -0.341. The first-order chi connectivity index (χ1) is 8.05. The summed E-state index contributed by atoms with van der Waals surface area (Å²) in [5, 5.41) is 17.6. The predicted octanol–water partition coefficient (Wildman–Crippen LogP) is -0.0429. The van der Waals surface area contributed by atoms with E-state index < -0.39 is 21.5 Å². The molecule has 102 valence electrons. The fraction of sp³-hybridized carbons (Fsp3) is 0.900. The van der Waals surface area contributed by atoms with Gasteiger partial charge in [-0.15, -0.1) is 0 Å². The zero-order valence-corrected chi connectivity index (χ0v) is 11.6. The summed E-state index contributed by atoms with van der Waals surface area (Å²) in [6.07, 6.45) is 0.305. The summed E-state index contributed by atoms with van der Waals surface area (Å²) in [6, 6.07) is 0.624. The first-order valence-electron chi connectivity index (χ1n) is 5.52. The molecule has 6 nitrogen and oxygen atoms in total. The van der Waals surface area contributed by atoms with E-state index in [1.807, 2.05) is 0 Å². The van der Waals surface area contributed by atoms with E-state index in [0.717, 1.165) is 0 Å². The number of hydrogen-bond acceptors (Lipinski definition) is 6. The molecular formula is C10H22O6Si. The lowest BCUT2D eigenvalue weighted by Crippen LogP contribution is -2.42. The molecule has 0 spiro atoms. The van der Waals surface area contributed by atoms with Gasteiger partial charge in [0, 0.05) is 33.8 Å². The van der Waals surface area contributed by atoms with Crippen molar-refractivity contribution in [1.82, 2.24) is 0 Å². The molecule has 0 rings (SSSR count). The molecule has 0 aliphatic rings. The summed E-state index contributed by atoms with van der Waals surface area (Å²) in [4.78, 5) is 11.2. The zero-order valence-electron chi connectivity index (χ0n) is 10.6. The van der Waals surface area contributed by atoms with Gasteiger partial charge < -0.3 is 23.5 Å². The number of carbonyl (C=O) groups excluding carboxylic acids is 1. The number of rotatable bonds is 10. The number of aliphatic hydroxyl groups excluding tert-OH is 2. The van der Waals surface area contributed by atoms with Gasteiger partial charge in [0.1, 0.15) is 6.10 Å². The highest BCUT2D eigenvalue weighted by Crippen LogP contribution is 2.17. The molecule has 0 saturated heterocycles. The van der Waals surface area contributed by atoms with E-state index in [4.69, 9.17) is 23.5 Å². The minimum atomic E-state index is -2.55. The van der Waals surface area contributed by atoms with Crippen molar-refractivity contribution in [1.29, 1.82) is 0 Å². The third kappa shape index (κ3) is 5.71. The van der Waals surface area contributed by atoms with Crippen LogP contribution in [0.3, 0.4) is 0 Å². The Morgan fingerprint density at radius 2 is 1.71 bits per heavy atom. The number of ketones is 1. The number of aliphatic hydroxyl groups is 2. The first-order valence-corrected chi connectivity index (χ1v) is 7.45. The van der Waals surface area contributed by atoms with E-state index in [9.17, 15) is 4.79 Å². The minimum absolute atomic E-state index is 0.239. The van der Waals surface area contributed by atoms with Gasteiger partial charge in [-0.2, -0.15) is 0 Å². The lowest BCUT2D eigenvalue weighted by molar-refractivity contribution is -0.129. The average molecular weight is 266 g/mol. The SMILES string of the molecule is CO[Si](CCCCC(=O)C(O)CO)(OC)OC. The smallest absolute Gasteiger partial charge is 0.393 e. The number of hydrogen-bond donors (Lipinski definition) is 2. The topological polar surface area (TPSA) is 85.2 Å². The third-order valence-corrected chi connectivity index (χ3v) is 5.47. The summed E-state index contributed by atoms with van der Waals surface area (Å²) < 4.78 is 15.7. The minimum Gasteiger partial charge on any atom is -0.393 e. The van der Waals surface area contributed by atoms with Crippen molar-refractivity contribution in [3.8, 4) is 0 Å². The standard InChI is InChI=1S/C10H22O6Si/c1-14-17(15-2,16-3)7-5-4-6-9(12)10(13)8-11/h10-11,13H,4-8H2,1-3H3. The second-order valence-corrected chi connectivity index (χ2v) is 6.76. The van der Waals surface area contributed by atoms with Gasteiger partial charge in [-0.05, 0) is 12.8 Å². The van der Waals surface area contributed by atoms with Crippen LogP contribution in [0.4, 0.5) is 0 Å². The lowest BCUT2D eigenvalue weighted by atomic mass is 10.1. The van der Waals surface area contributed by atoms with E-state index in [0.29, 0.717) is 18.9 Å². The monoisotopic (exact) mass is 266 g/mol. The molecule has 1 unspecified atom stereocenters. The Kier molecular flexibility index (Phi) is 8.57. The van der Waals surface area contributed by atoms with Crippen molar-refractivity contribution in [3.05, 3.63) is 0 Å². The molecule has 0 radical (unpaired) electrons. The molecule has 0 aromatic rings.